The highest BCUT2D eigenvalue weighted by atomic mass is 35.5. The van der Waals surface area contributed by atoms with Gasteiger partial charge in [-0.15, -0.1) is 0 Å². The van der Waals surface area contributed by atoms with E-state index in [-0.39, 0.29) is 21.8 Å². The lowest BCUT2D eigenvalue weighted by Crippen LogP contribution is -2.33. The molecule has 0 bridgehead atoms. The first-order chi connectivity index (χ1) is 17.7. The molecule has 0 unspecified atom stereocenters. The van der Waals surface area contributed by atoms with Crippen LogP contribution in [0.3, 0.4) is 0 Å². The zero-order chi connectivity index (χ0) is 26.2. The molecule has 4 N–H and O–H groups in total. The topological polar surface area (TPSA) is 137 Å². The van der Waals surface area contributed by atoms with Crippen LogP contribution in [0, 0.1) is 0 Å². The third-order valence-electron chi connectivity index (χ3n) is 6.51. The number of nitrogens with two attached hydrogens (primary N) is 1. The van der Waals surface area contributed by atoms with Crippen molar-refractivity contribution in [1.29, 1.82) is 0 Å². The summed E-state index contributed by atoms with van der Waals surface area (Å²) < 4.78 is 35.5. The smallest absolute Gasteiger partial charge is 0.264 e. The maximum atomic E-state index is 12.9. The van der Waals surface area contributed by atoms with E-state index in [2.05, 4.69) is 20.1 Å². The first kappa shape index (κ1) is 25.2. The summed E-state index contributed by atoms with van der Waals surface area (Å²) in [6.45, 7) is 0. The second-order valence-corrected chi connectivity index (χ2v) is 11.2. The molecule has 1 saturated carbocycles. The van der Waals surface area contributed by atoms with Gasteiger partial charge in [0.1, 0.15) is 16.2 Å². The Morgan fingerprint density at radius 1 is 1.14 bits per heavy atom. The maximum absolute atomic E-state index is 12.9. The Morgan fingerprint density at radius 2 is 1.89 bits per heavy atom. The van der Waals surface area contributed by atoms with Crippen LogP contribution in [0.2, 0.25) is 5.02 Å². The van der Waals surface area contributed by atoms with E-state index in [4.69, 9.17) is 27.1 Å². The summed E-state index contributed by atoms with van der Waals surface area (Å²) in [6, 6.07) is 12.2. The lowest BCUT2D eigenvalue weighted by molar-refractivity contribution is 0.409. The van der Waals surface area contributed by atoms with Gasteiger partial charge >= 0.3 is 0 Å². The van der Waals surface area contributed by atoms with E-state index in [1.807, 2.05) is 12.1 Å². The molecule has 1 fully saturated rings. The molecule has 0 amide bonds. The number of rotatable bonds is 7. The quantitative estimate of drug-likeness (QED) is 0.317. The molecule has 2 heterocycles. The Bertz CT molecular complexity index is 1550. The molecule has 10 nitrogen and oxygen atoms in total. The van der Waals surface area contributed by atoms with Crippen molar-refractivity contribution in [1.82, 2.24) is 19.7 Å². The number of nitrogens with zero attached hydrogens (tertiary/aromatic N) is 4. The molecule has 4 aromatic rings. The third-order valence-corrected chi connectivity index (χ3v) is 8.37. The van der Waals surface area contributed by atoms with Gasteiger partial charge in [0, 0.05) is 42.3 Å². The first-order valence-corrected chi connectivity index (χ1v) is 13.8. The van der Waals surface area contributed by atoms with Crippen molar-refractivity contribution < 1.29 is 13.2 Å². The number of sulfonamides is 1. The van der Waals surface area contributed by atoms with E-state index in [0.717, 1.165) is 36.6 Å². The number of anilines is 2. The van der Waals surface area contributed by atoms with Gasteiger partial charge in [-0.05, 0) is 49.9 Å². The molecular formula is C25H28ClN7O3S. The highest BCUT2D eigenvalue weighted by Crippen LogP contribution is 2.33. The minimum atomic E-state index is -3.91. The Balaban J connectivity index is 1.43. The van der Waals surface area contributed by atoms with Crippen LogP contribution < -0.4 is 20.5 Å². The Hall–Kier alpha value is -3.41. The predicted octanol–water partition coefficient (Wildman–Crippen LogP) is 4.17. The van der Waals surface area contributed by atoms with Gasteiger partial charge in [0.05, 0.1) is 17.8 Å². The highest BCUT2D eigenvalue weighted by Gasteiger charge is 2.22. The Morgan fingerprint density at radius 3 is 2.62 bits per heavy atom. The SMILES string of the molecule is COc1cc(-c2cc(NS(=O)(=O)c3ccccc3Cl)nn2C)cc2cnc(N[C@H]3CC[C@H](N)CC3)nc12. The van der Waals surface area contributed by atoms with E-state index < -0.39 is 10.0 Å². The van der Waals surface area contributed by atoms with Gasteiger partial charge in [-0.25, -0.2) is 18.4 Å². The molecule has 37 heavy (non-hydrogen) atoms. The maximum Gasteiger partial charge on any atom is 0.264 e. The van der Waals surface area contributed by atoms with Crippen LogP contribution in [0.5, 0.6) is 5.75 Å². The number of methoxy groups -OCH3 is 1. The van der Waals surface area contributed by atoms with Gasteiger partial charge in [0.2, 0.25) is 5.95 Å². The molecule has 1 aliphatic carbocycles. The fourth-order valence-corrected chi connectivity index (χ4v) is 6.08. The third kappa shape index (κ3) is 5.34. The van der Waals surface area contributed by atoms with Gasteiger partial charge in [-0.2, -0.15) is 5.10 Å². The van der Waals surface area contributed by atoms with Crippen LogP contribution in [0.1, 0.15) is 25.7 Å². The van der Waals surface area contributed by atoms with Gasteiger partial charge in [-0.3, -0.25) is 9.40 Å². The second kappa shape index (κ2) is 10.2. The summed E-state index contributed by atoms with van der Waals surface area (Å²) in [6.07, 6.45) is 5.70. The number of aromatic nitrogens is 4. The molecule has 1 aliphatic rings. The molecule has 0 spiro atoms. The van der Waals surface area contributed by atoms with Crippen molar-refractivity contribution in [3.05, 3.63) is 53.7 Å². The molecule has 2 aromatic heterocycles. The summed E-state index contributed by atoms with van der Waals surface area (Å²) in [5.74, 6) is 1.29. The Labute approximate surface area is 220 Å². The number of benzene rings is 2. The summed E-state index contributed by atoms with van der Waals surface area (Å²) in [5.41, 5.74) is 8.15. The summed E-state index contributed by atoms with van der Waals surface area (Å²) in [4.78, 5) is 9.20. The molecule has 0 aliphatic heterocycles. The number of nitrogens with one attached hydrogen (secondary N) is 2. The fourth-order valence-electron chi connectivity index (χ4n) is 4.57. The molecule has 0 saturated heterocycles. The second-order valence-electron chi connectivity index (χ2n) is 9.14. The fraction of sp³-hybridized carbons (Fsp3) is 0.320. The number of ether oxygens (including phenoxy) is 1. The molecule has 12 heteroatoms. The molecule has 5 rings (SSSR count). The molecular weight excluding hydrogens is 514 g/mol. The number of hydrogen-bond acceptors (Lipinski definition) is 8. The number of aryl methyl sites for hydroxylation is 1. The van der Waals surface area contributed by atoms with E-state index in [1.165, 1.54) is 12.1 Å². The Kier molecular flexibility index (Phi) is 6.93. The van der Waals surface area contributed by atoms with Gasteiger partial charge < -0.3 is 15.8 Å². The van der Waals surface area contributed by atoms with Crippen molar-refractivity contribution in [2.45, 2.75) is 42.7 Å². The van der Waals surface area contributed by atoms with Gasteiger partial charge in [0.25, 0.3) is 10.0 Å². The zero-order valence-electron chi connectivity index (χ0n) is 20.5. The molecule has 0 radical (unpaired) electrons. The average Bonchev–Trinajstić information content (AvgIpc) is 3.24. The lowest BCUT2D eigenvalue weighted by atomic mass is 9.92. The standard InChI is InChI=1S/C25H28ClN7O3S/c1-33-20(13-23(31-33)32-37(34,35)22-6-4-3-5-19(22)26)15-11-16-14-28-25(30-24(16)21(12-15)36-2)29-18-9-7-17(27)8-10-18/h3-6,11-14,17-18H,7-10,27H2,1-2H3,(H,31,32)(H,28,29,30)/t17-,18-. The lowest BCUT2D eigenvalue weighted by Gasteiger charge is -2.26. The minimum Gasteiger partial charge on any atom is -0.494 e. The van der Waals surface area contributed by atoms with Crippen molar-refractivity contribution in [3.8, 4) is 17.0 Å². The first-order valence-electron chi connectivity index (χ1n) is 11.9. The largest absolute Gasteiger partial charge is 0.494 e. The average molecular weight is 542 g/mol. The van der Waals surface area contributed by atoms with Crippen LogP contribution in [-0.2, 0) is 17.1 Å². The van der Waals surface area contributed by atoms with Crippen LogP contribution in [0.15, 0.2) is 53.6 Å². The normalized spacial score (nSPS) is 18.1. The number of hydrogen-bond donors (Lipinski definition) is 3. The molecule has 0 atom stereocenters. The monoisotopic (exact) mass is 541 g/mol. The van der Waals surface area contributed by atoms with Crippen LogP contribution in [0.25, 0.3) is 22.2 Å². The van der Waals surface area contributed by atoms with Crippen LogP contribution in [0.4, 0.5) is 11.8 Å². The molecule has 2 aromatic carbocycles. The predicted molar refractivity (Wildman–Crippen MR) is 144 cm³/mol. The number of fused-ring (bicyclic) bond motifs is 1. The number of halogens is 1. The van der Waals surface area contributed by atoms with Crippen molar-refractivity contribution in [2.24, 2.45) is 12.8 Å². The minimum absolute atomic E-state index is 0.0196. The van der Waals surface area contributed by atoms with E-state index >= 15 is 0 Å². The molecule has 194 valence electrons. The van der Waals surface area contributed by atoms with Crippen molar-refractivity contribution in [3.63, 3.8) is 0 Å². The van der Waals surface area contributed by atoms with Gasteiger partial charge in [0.15, 0.2) is 5.82 Å². The highest BCUT2D eigenvalue weighted by molar-refractivity contribution is 7.92. The van der Waals surface area contributed by atoms with Crippen molar-refractivity contribution >= 4 is 44.3 Å². The van der Waals surface area contributed by atoms with Crippen LogP contribution in [-0.4, -0.2) is 47.4 Å². The van der Waals surface area contributed by atoms with Crippen molar-refractivity contribution in [2.75, 3.05) is 17.1 Å². The summed E-state index contributed by atoms with van der Waals surface area (Å²) in [7, 11) is -0.593. The van der Waals surface area contributed by atoms with E-state index in [9.17, 15) is 8.42 Å². The summed E-state index contributed by atoms with van der Waals surface area (Å²) in [5, 5.41) is 8.67. The summed E-state index contributed by atoms with van der Waals surface area (Å²) >= 11 is 6.09. The van der Waals surface area contributed by atoms with Crippen LogP contribution >= 0.6 is 11.6 Å². The van der Waals surface area contributed by atoms with E-state index in [1.54, 1.807) is 43.2 Å². The zero-order valence-corrected chi connectivity index (χ0v) is 22.1. The van der Waals surface area contributed by atoms with Gasteiger partial charge in [-0.1, -0.05) is 23.7 Å². The van der Waals surface area contributed by atoms with E-state index in [0.29, 0.717) is 29.0 Å².